The van der Waals surface area contributed by atoms with Gasteiger partial charge in [-0.1, -0.05) is 54.1 Å². The van der Waals surface area contributed by atoms with Gasteiger partial charge in [0.15, 0.2) is 0 Å². The molecule has 1 atom stereocenters. The summed E-state index contributed by atoms with van der Waals surface area (Å²) in [6.45, 7) is 5.67. The fourth-order valence-electron chi connectivity index (χ4n) is 3.99. The predicted octanol–water partition coefficient (Wildman–Crippen LogP) is 5.57. The van der Waals surface area contributed by atoms with Crippen molar-refractivity contribution in [2.75, 3.05) is 44.4 Å². The van der Waals surface area contributed by atoms with Crippen LogP contribution in [0.4, 0.5) is 11.8 Å². The van der Waals surface area contributed by atoms with E-state index in [9.17, 15) is 5.11 Å². The van der Waals surface area contributed by atoms with E-state index >= 15 is 0 Å². The maximum atomic E-state index is 11.0. The summed E-state index contributed by atoms with van der Waals surface area (Å²) in [5, 5.41) is 16.1. The Morgan fingerprint density at radius 2 is 1.60 bits per heavy atom. The number of likely N-dealkylation sites (N-methyl/N-ethyl adjacent to an activating group) is 2. The minimum Gasteiger partial charge on any atom is -0.493 e. The van der Waals surface area contributed by atoms with Crippen LogP contribution in [0.5, 0.6) is 5.88 Å². The molecule has 0 aliphatic carbocycles. The molecule has 4 aromatic rings. The number of rotatable bonds is 9. The first-order valence-corrected chi connectivity index (χ1v) is 12.2. The Labute approximate surface area is 212 Å². The summed E-state index contributed by atoms with van der Waals surface area (Å²) in [6, 6.07) is 18.0. The standard InChI is InChI=1S/C27H33ClN6O/c1-18(2)34-17-22-24(26(34)35)30-27(33(5)16-15-32(3)4)31-25(22)29-23(19-9-7-6-8-10-19)20-11-13-21(28)14-12-20/h6-14,17-18,23,35H,15-16H2,1-5H3,(H,29,30,31). The van der Waals surface area contributed by atoms with Gasteiger partial charge in [-0.2, -0.15) is 4.98 Å². The fraction of sp³-hybridized carbons (Fsp3) is 0.333. The summed E-state index contributed by atoms with van der Waals surface area (Å²) in [7, 11) is 6.05. The number of hydrogen-bond donors (Lipinski definition) is 2. The molecule has 0 aliphatic rings. The van der Waals surface area contributed by atoms with E-state index in [-0.39, 0.29) is 18.0 Å². The van der Waals surface area contributed by atoms with Crippen LogP contribution in [0.2, 0.25) is 5.02 Å². The molecule has 1 unspecified atom stereocenters. The molecule has 4 rings (SSSR count). The number of halogens is 1. The number of aromatic nitrogens is 3. The molecule has 0 radical (unpaired) electrons. The number of benzene rings is 2. The molecule has 2 N–H and O–H groups in total. The van der Waals surface area contributed by atoms with Gasteiger partial charge in [0.1, 0.15) is 11.3 Å². The predicted molar refractivity (Wildman–Crippen MR) is 145 cm³/mol. The highest BCUT2D eigenvalue weighted by Gasteiger charge is 2.22. The van der Waals surface area contributed by atoms with Gasteiger partial charge in [-0.25, -0.2) is 4.98 Å². The van der Waals surface area contributed by atoms with Gasteiger partial charge in [0.25, 0.3) is 0 Å². The first kappa shape index (κ1) is 24.8. The van der Waals surface area contributed by atoms with Crippen LogP contribution in [0.15, 0.2) is 60.8 Å². The topological polar surface area (TPSA) is 69.5 Å². The average Bonchev–Trinajstić information content (AvgIpc) is 3.19. The molecule has 7 nitrogen and oxygen atoms in total. The summed E-state index contributed by atoms with van der Waals surface area (Å²) in [6.07, 6.45) is 1.92. The average molecular weight is 493 g/mol. The van der Waals surface area contributed by atoms with E-state index in [2.05, 4.69) is 22.3 Å². The number of hydrogen-bond acceptors (Lipinski definition) is 6. The Hall–Kier alpha value is -3.29. The molecule has 0 spiro atoms. The molecule has 8 heteroatoms. The molecule has 0 amide bonds. The molecule has 2 aromatic heterocycles. The minimum absolute atomic E-state index is 0.0770. The quantitative estimate of drug-likeness (QED) is 0.318. The molecule has 0 saturated heterocycles. The van der Waals surface area contributed by atoms with Gasteiger partial charge in [-0.15, -0.1) is 0 Å². The van der Waals surface area contributed by atoms with E-state index in [1.807, 2.05) is 93.1 Å². The molecule has 0 aliphatic heterocycles. The molecule has 2 heterocycles. The first-order valence-electron chi connectivity index (χ1n) is 11.8. The van der Waals surface area contributed by atoms with Crippen LogP contribution in [0.25, 0.3) is 10.9 Å². The summed E-state index contributed by atoms with van der Waals surface area (Å²) in [4.78, 5) is 13.8. The van der Waals surface area contributed by atoms with Crippen molar-refractivity contribution in [2.45, 2.75) is 25.9 Å². The van der Waals surface area contributed by atoms with Gasteiger partial charge in [0, 0.05) is 37.4 Å². The fourth-order valence-corrected chi connectivity index (χ4v) is 4.12. The van der Waals surface area contributed by atoms with E-state index in [1.54, 1.807) is 0 Å². The van der Waals surface area contributed by atoms with Crippen molar-refractivity contribution in [3.63, 3.8) is 0 Å². The molecular formula is C27H33ClN6O. The lowest BCUT2D eigenvalue weighted by atomic mass is 9.98. The van der Waals surface area contributed by atoms with Crippen LogP contribution in [-0.4, -0.2) is 58.8 Å². The second-order valence-corrected chi connectivity index (χ2v) is 9.79. The Bertz CT molecular complexity index is 1270. The van der Waals surface area contributed by atoms with Gasteiger partial charge in [-0.3, -0.25) is 0 Å². The maximum Gasteiger partial charge on any atom is 0.227 e. The third-order valence-electron chi connectivity index (χ3n) is 6.06. The third-order valence-corrected chi connectivity index (χ3v) is 6.31. The number of nitrogens with one attached hydrogen (secondary N) is 1. The molecular weight excluding hydrogens is 460 g/mol. The molecule has 0 bridgehead atoms. The van der Waals surface area contributed by atoms with Crippen molar-refractivity contribution < 1.29 is 5.11 Å². The van der Waals surface area contributed by atoms with Crippen molar-refractivity contribution in [3.8, 4) is 5.88 Å². The second kappa shape index (κ2) is 10.5. The van der Waals surface area contributed by atoms with Crippen LogP contribution in [0.1, 0.15) is 37.1 Å². The summed E-state index contributed by atoms with van der Waals surface area (Å²) in [5.74, 6) is 1.37. The van der Waals surface area contributed by atoms with Gasteiger partial charge < -0.3 is 24.8 Å². The highest BCUT2D eigenvalue weighted by molar-refractivity contribution is 6.30. The highest BCUT2D eigenvalue weighted by Crippen LogP contribution is 2.36. The number of nitrogens with zero attached hydrogens (tertiary/aromatic N) is 5. The van der Waals surface area contributed by atoms with Crippen molar-refractivity contribution in [1.82, 2.24) is 19.4 Å². The van der Waals surface area contributed by atoms with Crippen LogP contribution < -0.4 is 10.2 Å². The van der Waals surface area contributed by atoms with Crippen molar-refractivity contribution in [1.29, 1.82) is 0 Å². The van der Waals surface area contributed by atoms with Crippen molar-refractivity contribution in [3.05, 3.63) is 76.9 Å². The lowest BCUT2D eigenvalue weighted by Gasteiger charge is -2.23. The Kier molecular flexibility index (Phi) is 7.48. The molecule has 184 valence electrons. The lowest BCUT2D eigenvalue weighted by Crippen LogP contribution is -2.29. The van der Waals surface area contributed by atoms with Gasteiger partial charge >= 0.3 is 0 Å². The zero-order valence-electron chi connectivity index (χ0n) is 20.9. The Morgan fingerprint density at radius 3 is 2.23 bits per heavy atom. The van der Waals surface area contributed by atoms with E-state index < -0.39 is 0 Å². The zero-order valence-corrected chi connectivity index (χ0v) is 21.7. The molecule has 35 heavy (non-hydrogen) atoms. The monoisotopic (exact) mass is 492 g/mol. The molecule has 2 aromatic carbocycles. The van der Waals surface area contributed by atoms with Crippen LogP contribution >= 0.6 is 11.6 Å². The summed E-state index contributed by atoms with van der Waals surface area (Å²) < 4.78 is 1.83. The van der Waals surface area contributed by atoms with Gasteiger partial charge in [0.05, 0.1) is 11.4 Å². The normalized spacial score (nSPS) is 12.5. The van der Waals surface area contributed by atoms with E-state index in [4.69, 9.17) is 21.6 Å². The number of fused-ring (bicyclic) bond motifs is 1. The SMILES string of the molecule is CC(C)n1cc2c(NC(c3ccccc3)c3ccc(Cl)cc3)nc(N(C)CCN(C)C)nc2c1O. The second-order valence-electron chi connectivity index (χ2n) is 9.35. The van der Waals surface area contributed by atoms with Gasteiger partial charge in [-0.05, 0) is 51.2 Å². The van der Waals surface area contributed by atoms with Crippen molar-refractivity contribution in [2.24, 2.45) is 0 Å². The maximum absolute atomic E-state index is 11.0. The summed E-state index contributed by atoms with van der Waals surface area (Å²) >= 11 is 6.18. The number of anilines is 2. The van der Waals surface area contributed by atoms with E-state index in [0.717, 1.165) is 29.6 Å². The summed E-state index contributed by atoms with van der Waals surface area (Å²) in [5.41, 5.74) is 2.69. The highest BCUT2D eigenvalue weighted by atomic mass is 35.5. The Morgan fingerprint density at radius 1 is 0.943 bits per heavy atom. The van der Waals surface area contributed by atoms with Crippen LogP contribution in [0, 0.1) is 0 Å². The minimum atomic E-state index is -0.170. The van der Waals surface area contributed by atoms with E-state index in [1.165, 1.54) is 0 Å². The van der Waals surface area contributed by atoms with E-state index in [0.29, 0.717) is 22.3 Å². The lowest BCUT2D eigenvalue weighted by molar-refractivity contribution is 0.404. The zero-order chi connectivity index (χ0) is 25.1. The van der Waals surface area contributed by atoms with Crippen molar-refractivity contribution >= 4 is 34.3 Å². The third kappa shape index (κ3) is 5.52. The largest absolute Gasteiger partial charge is 0.493 e. The van der Waals surface area contributed by atoms with Crippen LogP contribution in [-0.2, 0) is 0 Å². The number of aromatic hydroxyl groups is 1. The Balaban J connectivity index is 1.84. The molecule has 0 fully saturated rings. The molecule has 0 saturated carbocycles. The smallest absolute Gasteiger partial charge is 0.227 e. The van der Waals surface area contributed by atoms with Gasteiger partial charge in [0.2, 0.25) is 11.8 Å². The van der Waals surface area contributed by atoms with Crippen LogP contribution in [0.3, 0.4) is 0 Å². The first-order chi connectivity index (χ1) is 16.7.